The van der Waals surface area contributed by atoms with Crippen LogP contribution in [-0.2, 0) is 19.8 Å². The Hall–Kier alpha value is -2.70. The first kappa shape index (κ1) is 19.1. The maximum atomic E-state index is 13.2. The van der Waals surface area contributed by atoms with Crippen molar-refractivity contribution in [3.05, 3.63) is 29.8 Å². The van der Waals surface area contributed by atoms with Crippen LogP contribution >= 0.6 is 0 Å². The third-order valence-electron chi connectivity index (χ3n) is 5.62. The molecule has 0 saturated carbocycles. The molecule has 3 atom stereocenters. The molecule has 1 aromatic carbocycles. The molecule has 0 aliphatic carbocycles. The molecule has 0 aromatic heterocycles. The van der Waals surface area contributed by atoms with E-state index in [2.05, 4.69) is 5.32 Å². The number of carbonyl (C=O) groups is 3. The number of anilines is 1. The number of carbonyl (C=O) groups excluding carboxylic acids is 3. The van der Waals surface area contributed by atoms with Crippen LogP contribution in [-0.4, -0.2) is 40.9 Å². The number of fused-ring (bicyclic) bond motifs is 2. The Morgan fingerprint density at radius 3 is 2.63 bits per heavy atom. The number of nitrogens with zero attached hydrogens (tertiary/aromatic N) is 1. The van der Waals surface area contributed by atoms with Gasteiger partial charge in [-0.1, -0.05) is 32.0 Å². The second-order valence-electron chi connectivity index (χ2n) is 8.04. The number of hydrogen-bond donors (Lipinski definition) is 3. The highest BCUT2D eigenvalue weighted by Crippen LogP contribution is 2.46. The molecule has 7 nitrogen and oxygen atoms in total. The topological polar surface area (TPSA) is 116 Å². The van der Waals surface area contributed by atoms with Crippen molar-refractivity contribution in [1.29, 1.82) is 5.41 Å². The molecule has 3 rings (SSSR count). The van der Waals surface area contributed by atoms with Crippen LogP contribution in [0.25, 0.3) is 0 Å². The summed E-state index contributed by atoms with van der Waals surface area (Å²) in [4.78, 5) is 39.6. The normalized spacial score (nSPS) is 24.8. The minimum absolute atomic E-state index is 0.101. The zero-order valence-corrected chi connectivity index (χ0v) is 15.9. The maximum Gasteiger partial charge on any atom is 0.240 e. The molecular weight excluding hydrogens is 344 g/mol. The maximum absolute atomic E-state index is 13.2. The van der Waals surface area contributed by atoms with Gasteiger partial charge in [0.1, 0.15) is 6.04 Å². The monoisotopic (exact) mass is 370 g/mol. The van der Waals surface area contributed by atoms with Gasteiger partial charge in [0, 0.05) is 17.9 Å². The lowest BCUT2D eigenvalue weighted by molar-refractivity contribution is -0.139. The number of hydrogen-bond acceptors (Lipinski definition) is 4. The van der Waals surface area contributed by atoms with Gasteiger partial charge in [0.15, 0.2) is 0 Å². The highest BCUT2D eigenvalue weighted by atomic mass is 16.2. The number of likely N-dealkylation sites (tertiary alicyclic amines) is 1. The van der Waals surface area contributed by atoms with Gasteiger partial charge < -0.3 is 21.4 Å². The molecule has 144 valence electrons. The van der Waals surface area contributed by atoms with Crippen LogP contribution in [0.2, 0.25) is 0 Å². The van der Waals surface area contributed by atoms with Gasteiger partial charge in [0.25, 0.3) is 0 Å². The second kappa shape index (κ2) is 6.79. The van der Waals surface area contributed by atoms with E-state index in [1.165, 1.54) is 4.90 Å². The van der Waals surface area contributed by atoms with Gasteiger partial charge in [-0.3, -0.25) is 14.4 Å². The highest BCUT2D eigenvalue weighted by molar-refractivity contribution is 6.09. The number of amides is 3. The first-order chi connectivity index (χ1) is 12.7. The Balaban J connectivity index is 1.99. The molecule has 2 aliphatic heterocycles. The van der Waals surface area contributed by atoms with Crippen LogP contribution in [0.4, 0.5) is 5.69 Å². The van der Waals surface area contributed by atoms with Crippen LogP contribution in [0.1, 0.15) is 39.2 Å². The number of benzene rings is 1. The molecule has 1 fully saturated rings. The van der Waals surface area contributed by atoms with Crippen molar-refractivity contribution < 1.29 is 14.4 Å². The Kier molecular flexibility index (Phi) is 4.80. The highest BCUT2D eigenvalue weighted by Gasteiger charge is 2.57. The van der Waals surface area contributed by atoms with Crippen LogP contribution in [0, 0.1) is 17.2 Å². The molecule has 2 heterocycles. The predicted molar refractivity (Wildman–Crippen MR) is 102 cm³/mol. The summed E-state index contributed by atoms with van der Waals surface area (Å²) in [5.41, 5.74) is 6.40. The molecule has 7 heteroatoms. The number of para-hydroxylation sites is 1. The molecule has 4 N–H and O–H groups in total. The van der Waals surface area contributed by atoms with E-state index in [9.17, 15) is 14.4 Å². The van der Waals surface area contributed by atoms with Crippen molar-refractivity contribution in [2.75, 3.05) is 11.9 Å². The molecule has 1 aromatic rings. The zero-order chi connectivity index (χ0) is 19.9. The Morgan fingerprint density at radius 2 is 2.04 bits per heavy atom. The molecule has 1 saturated heterocycles. The lowest BCUT2D eigenvalue weighted by Crippen LogP contribution is -2.48. The van der Waals surface area contributed by atoms with Gasteiger partial charge in [0.05, 0.1) is 11.3 Å². The summed E-state index contributed by atoms with van der Waals surface area (Å²) in [5.74, 6) is -1.52. The van der Waals surface area contributed by atoms with Gasteiger partial charge in [-0.25, -0.2) is 0 Å². The van der Waals surface area contributed by atoms with Gasteiger partial charge in [-0.2, -0.15) is 0 Å². The molecule has 0 unspecified atom stereocenters. The van der Waals surface area contributed by atoms with Gasteiger partial charge in [-0.05, 0) is 37.3 Å². The van der Waals surface area contributed by atoms with E-state index in [0.29, 0.717) is 12.1 Å². The zero-order valence-electron chi connectivity index (χ0n) is 15.9. The van der Waals surface area contributed by atoms with Gasteiger partial charge in [-0.15, -0.1) is 0 Å². The molecule has 1 spiro atoms. The summed E-state index contributed by atoms with van der Waals surface area (Å²) < 4.78 is 0. The lowest BCUT2D eigenvalue weighted by Gasteiger charge is -2.28. The molecule has 2 aliphatic rings. The third kappa shape index (κ3) is 3.11. The molecule has 27 heavy (non-hydrogen) atoms. The summed E-state index contributed by atoms with van der Waals surface area (Å²) in [5, 5.41) is 10.9. The van der Waals surface area contributed by atoms with Gasteiger partial charge >= 0.3 is 0 Å². The minimum Gasteiger partial charge on any atom is -0.368 e. The Bertz CT molecular complexity index is 819. The van der Waals surface area contributed by atoms with Crippen LogP contribution in [0.5, 0.6) is 0 Å². The Morgan fingerprint density at radius 1 is 1.37 bits per heavy atom. The Labute approximate surface area is 158 Å². The summed E-state index contributed by atoms with van der Waals surface area (Å²) in [6.45, 7) is 5.68. The largest absolute Gasteiger partial charge is 0.368 e. The fraction of sp³-hybridized carbons (Fsp3) is 0.500. The summed E-state index contributed by atoms with van der Waals surface area (Å²) in [7, 11) is 0. The average Bonchev–Trinajstić information content (AvgIpc) is 3.12. The molecule has 0 radical (unpaired) electrons. The number of primary amides is 1. The number of nitrogens with one attached hydrogen (secondary N) is 2. The first-order valence-electron chi connectivity index (χ1n) is 9.23. The summed E-state index contributed by atoms with van der Waals surface area (Å²) >= 11 is 0. The molecular formula is C20H26N4O3. The fourth-order valence-electron chi connectivity index (χ4n) is 4.26. The van der Waals surface area contributed by atoms with E-state index >= 15 is 0 Å². The minimum atomic E-state index is -0.968. The van der Waals surface area contributed by atoms with E-state index in [0.717, 1.165) is 5.56 Å². The standard InChI is InChI=1S/C20H26N4O3/c1-11(2)8-13(12(3)21)18(26)24-10-20(9-16(24)17(22)25)14-6-4-5-7-15(14)23-19(20)27/h4-7,11,13,16,21H,8-10H2,1-3H3,(H2,22,25)(H,23,27)/t13-,16+,20+/m1/s1. The number of nitrogens with two attached hydrogens (primary N) is 1. The quantitative estimate of drug-likeness (QED) is 0.684. The van der Waals surface area contributed by atoms with Crippen LogP contribution in [0.3, 0.4) is 0 Å². The van der Waals surface area contributed by atoms with Crippen molar-refractivity contribution in [3.8, 4) is 0 Å². The number of rotatable bonds is 5. The van der Waals surface area contributed by atoms with E-state index in [1.54, 1.807) is 6.92 Å². The van der Waals surface area contributed by atoms with Crippen molar-refractivity contribution in [3.63, 3.8) is 0 Å². The summed E-state index contributed by atoms with van der Waals surface area (Å²) in [6, 6.07) is 6.48. The molecule has 0 bridgehead atoms. The fourth-order valence-corrected chi connectivity index (χ4v) is 4.26. The average molecular weight is 370 g/mol. The summed E-state index contributed by atoms with van der Waals surface area (Å²) in [6.07, 6.45) is 0.689. The van der Waals surface area contributed by atoms with Crippen LogP contribution < -0.4 is 11.1 Å². The molecule has 3 amide bonds. The predicted octanol–water partition coefficient (Wildman–Crippen LogP) is 1.66. The SMILES string of the molecule is CC(=N)[C@@H](CC(C)C)C(=O)N1C[C@]2(C[C@H]1C(N)=O)C(=O)Nc1ccccc12. The third-order valence-corrected chi connectivity index (χ3v) is 5.62. The van der Waals surface area contributed by atoms with E-state index < -0.39 is 23.3 Å². The lowest BCUT2D eigenvalue weighted by atomic mass is 9.79. The van der Waals surface area contributed by atoms with Crippen molar-refractivity contribution in [2.24, 2.45) is 17.6 Å². The van der Waals surface area contributed by atoms with E-state index in [4.69, 9.17) is 11.1 Å². The van der Waals surface area contributed by atoms with E-state index in [-0.39, 0.29) is 36.4 Å². The van der Waals surface area contributed by atoms with Crippen molar-refractivity contribution >= 4 is 29.1 Å². The van der Waals surface area contributed by atoms with Crippen molar-refractivity contribution in [2.45, 2.75) is 45.1 Å². The first-order valence-corrected chi connectivity index (χ1v) is 9.23. The van der Waals surface area contributed by atoms with Gasteiger partial charge in [0.2, 0.25) is 17.7 Å². The van der Waals surface area contributed by atoms with Crippen molar-refractivity contribution in [1.82, 2.24) is 4.90 Å². The van der Waals surface area contributed by atoms with E-state index in [1.807, 2.05) is 38.1 Å². The second-order valence-corrected chi connectivity index (χ2v) is 8.04. The smallest absolute Gasteiger partial charge is 0.240 e. The van der Waals surface area contributed by atoms with Crippen LogP contribution in [0.15, 0.2) is 24.3 Å².